The van der Waals surface area contributed by atoms with Crippen molar-refractivity contribution in [2.75, 3.05) is 0 Å². The van der Waals surface area contributed by atoms with Gasteiger partial charge in [0.25, 0.3) is 0 Å². The highest BCUT2D eigenvalue weighted by Gasteiger charge is 2.26. The molecule has 0 unspecified atom stereocenters. The number of hydrogen-bond acceptors (Lipinski definition) is 2. The Labute approximate surface area is 184 Å². The molecule has 1 atom stereocenters. The second kappa shape index (κ2) is 11.8. The van der Waals surface area contributed by atoms with Crippen molar-refractivity contribution in [2.45, 2.75) is 53.5 Å². The standard InChI is InChI=1S/C9H8BrFO.C9H6BrFO.CH3B.2CH4/c2*10-6-2-3-7(11)9-5(6)1-4-8(9)12;1-2;;/h2-3,8,12H,1,4H2;2-3H,1,4H2;1H3;2*1H4/t8-;;;;/m0..../s1. The highest BCUT2D eigenvalue weighted by atomic mass is 79.9. The summed E-state index contributed by atoms with van der Waals surface area (Å²) < 4.78 is 28.0. The van der Waals surface area contributed by atoms with E-state index in [1.165, 1.54) is 19.0 Å². The molecule has 0 spiro atoms. The van der Waals surface area contributed by atoms with E-state index in [4.69, 9.17) is 0 Å². The van der Waals surface area contributed by atoms with Crippen LogP contribution in [0.25, 0.3) is 0 Å². The minimum absolute atomic E-state index is 0. The summed E-state index contributed by atoms with van der Waals surface area (Å²) in [5, 5.41) is 9.43. The smallest absolute Gasteiger partial charge is 0.166 e. The summed E-state index contributed by atoms with van der Waals surface area (Å²) in [5.41, 5.74) is 2.50. The third-order valence-electron chi connectivity index (χ3n) is 4.33. The topological polar surface area (TPSA) is 37.3 Å². The maximum atomic E-state index is 13.1. The second-order valence-electron chi connectivity index (χ2n) is 5.78. The SMILES string of the molecule is C.C.O=C1CCc2c(Br)ccc(F)c21.O[C@H]1CCc2c(Br)ccc(F)c21.[B]C. The van der Waals surface area contributed by atoms with Gasteiger partial charge in [-0.3, -0.25) is 4.79 Å². The Balaban J connectivity index is 0.000000449. The predicted molar refractivity (Wildman–Crippen MR) is 119 cm³/mol. The monoisotopic (exact) mass is 516 g/mol. The fourth-order valence-electron chi connectivity index (χ4n) is 3.15. The van der Waals surface area contributed by atoms with Gasteiger partial charge in [0, 0.05) is 20.9 Å². The molecule has 0 heterocycles. The van der Waals surface area contributed by atoms with Crippen molar-refractivity contribution in [3.05, 3.63) is 67.1 Å². The quantitative estimate of drug-likeness (QED) is 0.392. The van der Waals surface area contributed by atoms with Gasteiger partial charge in [0.1, 0.15) is 11.6 Å². The van der Waals surface area contributed by atoms with E-state index in [0.717, 1.165) is 26.5 Å². The highest BCUT2D eigenvalue weighted by Crippen LogP contribution is 2.37. The summed E-state index contributed by atoms with van der Waals surface area (Å²) in [7, 11) is 4.50. The van der Waals surface area contributed by atoms with Gasteiger partial charge in [-0.2, -0.15) is 0 Å². The van der Waals surface area contributed by atoms with Gasteiger partial charge in [-0.15, -0.1) is 0 Å². The largest absolute Gasteiger partial charge is 0.388 e. The van der Waals surface area contributed by atoms with Crippen LogP contribution in [0.5, 0.6) is 0 Å². The molecule has 0 saturated heterocycles. The van der Waals surface area contributed by atoms with Crippen LogP contribution in [-0.2, 0) is 12.8 Å². The summed E-state index contributed by atoms with van der Waals surface area (Å²) in [5.74, 6) is -0.766. The van der Waals surface area contributed by atoms with E-state index in [9.17, 15) is 18.7 Å². The molecule has 0 fully saturated rings. The number of Topliss-reactive ketones (excluding diaryl/α,β-unsaturated/α-hetero) is 1. The predicted octanol–water partition coefficient (Wildman–Crippen LogP) is 6.76. The molecule has 0 aliphatic heterocycles. The minimum atomic E-state index is -0.613. The van der Waals surface area contributed by atoms with E-state index >= 15 is 0 Å². The fraction of sp³-hybridized carbons (Fsp3) is 0.381. The Bertz CT molecular complexity index is 829. The Kier molecular flexibility index (Phi) is 11.4. The number of carbonyl (C=O) groups is 1. The molecular formula is C21H25BBr2F2O2. The van der Waals surface area contributed by atoms with E-state index in [-0.39, 0.29) is 32.0 Å². The average molecular weight is 518 g/mol. The summed E-state index contributed by atoms with van der Waals surface area (Å²) in [4.78, 5) is 11.2. The van der Waals surface area contributed by atoms with Crippen LogP contribution in [0.1, 0.15) is 60.8 Å². The van der Waals surface area contributed by atoms with E-state index in [2.05, 4.69) is 39.7 Å². The first-order valence-electron chi connectivity index (χ1n) is 8.12. The Morgan fingerprint density at radius 1 is 0.929 bits per heavy atom. The third-order valence-corrected chi connectivity index (χ3v) is 5.82. The molecule has 2 aromatic rings. The number of halogens is 4. The van der Waals surface area contributed by atoms with Crippen LogP contribution in [0.4, 0.5) is 8.78 Å². The Hall–Kier alpha value is -1.05. The van der Waals surface area contributed by atoms with Crippen molar-refractivity contribution in [3.8, 4) is 0 Å². The Morgan fingerprint density at radius 2 is 1.46 bits per heavy atom. The molecule has 2 radical (unpaired) electrons. The van der Waals surface area contributed by atoms with E-state index < -0.39 is 11.9 Å². The summed E-state index contributed by atoms with van der Waals surface area (Å²) in [6, 6.07) is 6.04. The van der Waals surface area contributed by atoms with Crippen LogP contribution in [0.3, 0.4) is 0 Å². The van der Waals surface area contributed by atoms with Crippen molar-refractivity contribution in [2.24, 2.45) is 0 Å². The molecule has 0 amide bonds. The maximum Gasteiger partial charge on any atom is 0.166 e. The molecule has 28 heavy (non-hydrogen) atoms. The van der Waals surface area contributed by atoms with Gasteiger partial charge < -0.3 is 5.11 Å². The normalized spacial score (nSPS) is 15.6. The number of ketones is 1. The number of hydrogen-bond donors (Lipinski definition) is 1. The molecule has 2 nitrogen and oxygen atoms in total. The lowest BCUT2D eigenvalue weighted by Crippen LogP contribution is -1.96. The van der Waals surface area contributed by atoms with Gasteiger partial charge in [0.15, 0.2) is 5.78 Å². The zero-order valence-electron chi connectivity index (χ0n) is 14.2. The van der Waals surface area contributed by atoms with Crippen molar-refractivity contribution < 1.29 is 18.7 Å². The van der Waals surface area contributed by atoms with Crippen molar-refractivity contribution in [1.82, 2.24) is 0 Å². The lowest BCUT2D eigenvalue weighted by Gasteiger charge is -2.05. The van der Waals surface area contributed by atoms with Gasteiger partial charge in [-0.05, 0) is 54.7 Å². The average Bonchev–Trinajstić information content (AvgIpc) is 3.22. The van der Waals surface area contributed by atoms with Crippen molar-refractivity contribution in [3.63, 3.8) is 0 Å². The molecule has 152 valence electrons. The molecule has 0 saturated carbocycles. The molecule has 0 bridgehead atoms. The van der Waals surface area contributed by atoms with Gasteiger partial charge >= 0.3 is 0 Å². The lowest BCUT2D eigenvalue weighted by molar-refractivity contribution is 0.0991. The van der Waals surface area contributed by atoms with Crippen molar-refractivity contribution >= 4 is 45.5 Å². The molecule has 7 heteroatoms. The zero-order valence-corrected chi connectivity index (χ0v) is 17.3. The van der Waals surface area contributed by atoms with E-state index in [1.807, 2.05) is 0 Å². The number of aliphatic hydroxyl groups is 1. The van der Waals surface area contributed by atoms with Gasteiger partial charge in [0.2, 0.25) is 0 Å². The van der Waals surface area contributed by atoms with Crippen LogP contribution in [-0.4, -0.2) is 18.7 Å². The summed E-state index contributed by atoms with van der Waals surface area (Å²) >= 11 is 6.62. The van der Waals surface area contributed by atoms with Crippen LogP contribution in [0.2, 0.25) is 6.82 Å². The second-order valence-corrected chi connectivity index (χ2v) is 7.49. The van der Waals surface area contributed by atoms with Gasteiger partial charge in [0.05, 0.1) is 19.5 Å². The molecule has 0 aromatic heterocycles. The van der Waals surface area contributed by atoms with Crippen LogP contribution in [0, 0.1) is 11.6 Å². The van der Waals surface area contributed by atoms with Gasteiger partial charge in [-0.1, -0.05) is 53.5 Å². The summed E-state index contributed by atoms with van der Waals surface area (Å²) in [6.45, 7) is 1.50. The molecule has 2 aliphatic rings. The lowest BCUT2D eigenvalue weighted by atomic mass is 10.1. The number of rotatable bonds is 0. The molecule has 4 rings (SSSR count). The number of aliphatic hydroxyl groups excluding tert-OH is 1. The first-order chi connectivity index (χ1) is 12.4. The molecule has 1 N–H and O–H groups in total. The molecule has 2 aliphatic carbocycles. The fourth-order valence-corrected chi connectivity index (χ4v) is 4.23. The zero-order chi connectivity index (χ0) is 19.4. The first kappa shape index (κ1) is 27.0. The van der Waals surface area contributed by atoms with E-state index in [1.54, 1.807) is 12.1 Å². The van der Waals surface area contributed by atoms with Crippen LogP contribution >= 0.6 is 31.9 Å². The molecule has 2 aromatic carbocycles. The number of benzene rings is 2. The van der Waals surface area contributed by atoms with Crippen LogP contribution in [0.15, 0.2) is 33.2 Å². The highest BCUT2D eigenvalue weighted by molar-refractivity contribution is 9.10. The number of fused-ring (bicyclic) bond motifs is 2. The van der Waals surface area contributed by atoms with Crippen LogP contribution < -0.4 is 0 Å². The first-order valence-corrected chi connectivity index (χ1v) is 9.71. The van der Waals surface area contributed by atoms with Gasteiger partial charge in [-0.25, -0.2) is 8.78 Å². The molecular weight excluding hydrogens is 493 g/mol. The Morgan fingerprint density at radius 3 is 2.00 bits per heavy atom. The van der Waals surface area contributed by atoms with Crippen molar-refractivity contribution in [1.29, 1.82) is 0 Å². The van der Waals surface area contributed by atoms with E-state index in [0.29, 0.717) is 24.8 Å². The summed E-state index contributed by atoms with van der Waals surface area (Å²) in [6.07, 6.45) is 1.88. The maximum absolute atomic E-state index is 13.1. The minimum Gasteiger partial charge on any atom is -0.388 e. The third kappa shape index (κ3) is 5.52. The number of carbonyl (C=O) groups excluding carboxylic acids is 1.